The number of rotatable bonds is 4. The summed E-state index contributed by atoms with van der Waals surface area (Å²) in [7, 11) is 1.34. The third-order valence-corrected chi connectivity index (χ3v) is 4.28. The van der Waals surface area contributed by atoms with Gasteiger partial charge in [-0.1, -0.05) is 17.3 Å². The van der Waals surface area contributed by atoms with E-state index in [0.29, 0.717) is 34.5 Å². The summed E-state index contributed by atoms with van der Waals surface area (Å²) in [6.07, 6.45) is 1.08. The Bertz CT molecular complexity index is 895. The maximum absolute atomic E-state index is 11.6. The largest absolute Gasteiger partial charge is 0.465 e. The average Bonchev–Trinajstić information content (AvgIpc) is 3.41. The number of methoxy groups -OCH3 is 1. The smallest absolute Gasteiger partial charge is 0.337 e. The van der Waals surface area contributed by atoms with Crippen LogP contribution >= 0.6 is 0 Å². The van der Waals surface area contributed by atoms with Crippen LogP contribution < -0.4 is 5.32 Å². The molecule has 1 fully saturated rings. The number of hydrogen-bond donors (Lipinski definition) is 2. The highest BCUT2D eigenvalue weighted by atomic mass is 16.5. The summed E-state index contributed by atoms with van der Waals surface area (Å²) in [6.45, 7) is 1.96. The molecule has 0 bridgehead atoms. The van der Waals surface area contributed by atoms with E-state index >= 15 is 0 Å². The number of nitrogens with one attached hydrogen (secondary N) is 2. The highest BCUT2D eigenvalue weighted by Crippen LogP contribution is 2.26. The number of carbonyl (C=O) groups is 1. The van der Waals surface area contributed by atoms with Gasteiger partial charge >= 0.3 is 5.97 Å². The molecule has 2 aromatic heterocycles. The highest BCUT2D eigenvalue weighted by Gasteiger charge is 2.21. The Balaban J connectivity index is 1.59. The predicted molar refractivity (Wildman–Crippen MR) is 88.9 cm³/mol. The van der Waals surface area contributed by atoms with Gasteiger partial charge < -0.3 is 14.6 Å². The van der Waals surface area contributed by atoms with Crippen molar-refractivity contribution in [2.24, 2.45) is 0 Å². The number of hydrogen-bond acceptors (Lipinski definition) is 7. The van der Waals surface area contributed by atoms with Crippen LogP contribution in [0.5, 0.6) is 0 Å². The van der Waals surface area contributed by atoms with Gasteiger partial charge in [0.2, 0.25) is 5.82 Å². The molecule has 1 unspecified atom stereocenters. The molecule has 3 aromatic rings. The molecule has 1 atom stereocenters. The Morgan fingerprint density at radius 2 is 2.28 bits per heavy atom. The molecule has 8 nitrogen and oxygen atoms in total. The van der Waals surface area contributed by atoms with Crippen LogP contribution in [0.15, 0.2) is 34.9 Å². The standard InChI is InChI=1S/C17H17N5O3/c1-24-17(23)11-4-2-3-10(7-11)15-19-16(25-22-15)14-8-13(20-21-14)12-5-6-18-9-12/h2-4,7-8,12,18H,5-6,9H2,1H3,(H,20,21). The first-order valence-electron chi connectivity index (χ1n) is 8.03. The third-order valence-electron chi connectivity index (χ3n) is 4.28. The lowest BCUT2D eigenvalue weighted by molar-refractivity contribution is 0.0601. The molecule has 1 aliphatic rings. The van der Waals surface area contributed by atoms with Crippen molar-refractivity contribution in [3.05, 3.63) is 41.6 Å². The molecule has 128 valence electrons. The zero-order valence-corrected chi connectivity index (χ0v) is 13.7. The number of nitrogens with zero attached hydrogens (tertiary/aromatic N) is 3. The number of ether oxygens (including phenoxy) is 1. The quantitative estimate of drug-likeness (QED) is 0.700. The van der Waals surface area contributed by atoms with Crippen molar-refractivity contribution in [3.8, 4) is 23.0 Å². The molecule has 3 heterocycles. The fourth-order valence-electron chi connectivity index (χ4n) is 2.92. The maximum atomic E-state index is 11.6. The topological polar surface area (TPSA) is 106 Å². The molecule has 4 rings (SSSR count). The van der Waals surface area contributed by atoms with Crippen molar-refractivity contribution < 1.29 is 14.1 Å². The van der Waals surface area contributed by atoms with Gasteiger partial charge in [0, 0.05) is 23.7 Å². The van der Waals surface area contributed by atoms with Crippen molar-refractivity contribution >= 4 is 5.97 Å². The number of H-pyrrole nitrogens is 1. The number of carbonyl (C=O) groups excluding carboxylic acids is 1. The van der Waals surface area contributed by atoms with E-state index in [0.717, 1.165) is 25.2 Å². The van der Waals surface area contributed by atoms with Crippen molar-refractivity contribution in [2.45, 2.75) is 12.3 Å². The molecule has 1 saturated heterocycles. The van der Waals surface area contributed by atoms with E-state index in [-0.39, 0.29) is 0 Å². The number of aromatic nitrogens is 4. The minimum Gasteiger partial charge on any atom is -0.465 e. The van der Waals surface area contributed by atoms with Gasteiger partial charge in [0.1, 0.15) is 0 Å². The second-order valence-corrected chi connectivity index (χ2v) is 5.89. The van der Waals surface area contributed by atoms with Crippen LogP contribution in [0.4, 0.5) is 0 Å². The molecule has 0 saturated carbocycles. The van der Waals surface area contributed by atoms with E-state index in [9.17, 15) is 4.79 Å². The molecule has 8 heteroatoms. The van der Waals surface area contributed by atoms with Crippen LogP contribution in [0.3, 0.4) is 0 Å². The van der Waals surface area contributed by atoms with E-state index in [1.54, 1.807) is 24.3 Å². The zero-order valence-electron chi connectivity index (χ0n) is 13.7. The zero-order chi connectivity index (χ0) is 17.2. The fraction of sp³-hybridized carbons (Fsp3) is 0.294. The van der Waals surface area contributed by atoms with Gasteiger partial charge in [-0.2, -0.15) is 10.1 Å². The summed E-state index contributed by atoms with van der Waals surface area (Å²) in [5.74, 6) is 0.757. The summed E-state index contributed by atoms with van der Waals surface area (Å²) >= 11 is 0. The molecular formula is C17H17N5O3. The van der Waals surface area contributed by atoms with Gasteiger partial charge in [-0.15, -0.1) is 0 Å². The van der Waals surface area contributed by atoms with Crippen molar-refractivity contribution in [3.63, 3.8) is 0 Å². The Morgan fingerprint density at radius 3 is 3.08 bits per heavy atom. The summed E-state index contributed by atoms with van der Waals surface area (Å²) in [5, 5.41) is 14.6. The van der Waals surface area contributed by atoms with Gasteiger partial charge in [0.05, 0.1) is 12.7 Å². The second kappa shape index (κ2) is 6.48. The van der Waals surface area contributed by atoms with Crippen LogP contribution in [0.2, 0.25) is 0 Å². The van der Waals surface area contributed by atoms with Gasteiger partial charge in [0.25, 0.3) is 5.89 Å². The molecule has 1 aliphatic heterocycles. The van der Waals surface area contributed by atoms with Gasteiger partial charge in [0.15, 0.2) is 5.69 Å². The monoisotopic (exact) mass is 339 g/mol. The highest BCUT2D eigenvalue weighted by molar-refractivity contribution is 5.90. The first-order chi connectivity index (χ1) is 12.2. The summed E-state index contributed by atoms with van der Waals surface area (Å²) in [6, 6.07) is 8.84. The molecule has 0 radical (unpaired) electrons. The van der Waals surface area contributed by atoms with Crippen molar-refractivity contribution in [1.82, 2.24) is 25.7 Å². The molecule has 0 spiro atoms. The minimum absolute atomic E-state index is 0.340. The van der Waals surface area contributed by atoms with E-state index in [4.69, 9.17) is 9.26 Å². The van der Waals surface area contributed by atoms with E-state index in [1.165, 1.54) is 7.11 Å². The second-order valence-electron chi connectivity index (χ2n) is 5.89. The molecule has 0 aliphatic carbocycles. The first kappa shape index (κ1) is 15.5. The lowest BCUT2D eigenvalue weighted by atomic mass is 10.1. The normalized spacial score (nSPS) is 16.9. The lowest BCUT2D eigenvalue weighted by Gasteiger charge is -2.02. The van der Waals surface area contributed by atoms with Crippen LogP contribution in [0.1, 0.15) is 28.4 Å². The third kappa shape index (κ3) is 3.03. The van der Waals surface area contributed by atoms with Gasteiger partial charge in [-0.3, -0.25) is 5.10 Å². The minimum atomic E-state index is -0.410. The molecule has 1 aromatic carbocycles. The van der Waals surface area contributed by atoms with Gasteiger partial charge in [-0.25, -0.2) is 4.79 Å². The molecule has 25 heavy (non-hydrogen) atoms. The van der Waals surface area contributed by atoms with Crippen LogP contribution in [-0.4, -0.2) is 46.5 Å². The van der Waals surface area contributed by atoms with Crippen LogP contribution in [0, 0.1) is 0 Å². The van der Waals surface area contributed by atoms with Gasteiger partial charge in [-0.05, 0) is 31.2 Å². The number of esters is 1. The predicted octanol–water partition coefficient (Wildman–Crippen LogP) is 1.99. The van der Waals surface area contributed by atoms with Crippen molar-refractivity contribution in [1.29, 1.82) is 0 Å². The summed E-state index contributed by atoms with van der Waals surface area (Å²) in [5.41, 5.74) is 2.79. The summed E-state index contributed by atoms with van der Waals surface area (Å²) < 4.78 is 10.1. The molecular weight excluding hydrogens is 322 g/mol. The lowest BCUT2D eigenvalue weighted by Crippen LogP contribution is -2.08. The first-order valence-corrected chi connectivity index (χ1v) is 8.03. The Labute approximate surface area is 143 Å². The van der Waals surface area contributed by atoms with Crippen LogP contribution in [0.25, 0.3) is 23.0 Å². The van der Waals surface area contributed by atoms with Crippen LogP contribution in [-0.2, 0) is 4.74 Å². The molecule has 0 amide bonds. The SMILES string of the molecule is COC(=O)c1cccc(-c2noc(-c3cc(C4CCNC4)[nH]n3)n2)c1. The van der Waals surface area contributed by atoms with E-state index in [2.05, 4.69) is 25.7 Å². The summed E-state index contributed by atoms with van der Waals surface area (Å²) in [4.78, 5) is 16.0. The Morgan fingerprint density at radius 1 is 1.36 bits per heavy atom. The number of benzene rings is 1. The Kier molecular flexibility index (Phi) is 4.02. The van der Waals surface area contributed by atoms with Crippen molar-refractivity contribution in [2.75, 3.05) is 20.2 Å². The molecule has 2 N–H and O–H groups in total. The maximum Gasteiger partial charge on any atom is 0.337 e. The van der Waals surface area contributed by atoms with E-state index in [1.807, 2.05) is 6.07 Å². The number of aromatic amines is 1. The average molecular weight is 339 g/mol. The Hall–Kier alpha value is -3.00. The van der Waals surface area contributed by atoms with E-state index < -0.39 is 5.97 Å². The fourth-order valence-corrected chi connectivity index (χ4v) is 2.92.